The Morgan fingerprint density at radius 2 is 2.17 bits per heavy atom. The molecule has 0 saturated carbocycles. The fourth-order valence-electron chi connectivity index (χ4n) is 2.87. The first-order valence-electron chi connectivity index (χ1n) is 8.06. The lowest BCUT2D eigenvalue weighted by Crippen LogP contribution is -2.60. The second kappa shape index (κ2) is 7.53. The molecule has 24 heavy (non-hydrogen) atoms. The van der Waals surface area contributed by atoms with Crippen molar-refractivity contribution in [3.05, 3.63) is 23.8 Å². The first kappa shape index (κ1) is 18.1. The average Bonchev–Trinajstić information content (AvgIpc) is 2.57. The lowest BCUT2D eigenvalue weighted by atomic mass is 9.89. The molecule has 1 aliphatic rings. The van der Waals surface area contributed by atoms with Crippen LogP contribution in [0.4, 0.5) is 10.5 Å². The van der Waals surface area contributed by atoms with Crippen LogP contribution in [0.3, 0.4) is 0 Å². The van der Waals surface area contributed by atoms with Gasteiger partial charge < -0.3 is 20.3 Å². The van der Waals surface area contributed by atoms with Crippen molar-refractivity contribution in [2.24, 2.45) is 5.73 Å². The van der Waals surface area contributed by atoms with Crippen LogP contribution in [0.2, 0.25) is 0 Å². The predicted octanol–water partition coefficient (Wildman–Crippen LogP) is 2.51. The van der Waals surface area contributed by atoms with Crippen molar-refractivity contribution in [3.8, 4) is 5.75 Å². The van der Waals surface area contributed by atoms with E-state index in [1.165, 1.54) is 4.90 Å². The molecule has 1 heterocycles. The molecular weight excluding hydrogens is 312 g/mol. The summed E-state index contributed by atoms with van der Waals surface area (Å²) >= 11 is 0. The number of aryl methyl sites for hydroxylation is 1. The van der Waals surface area contributed by atoms with Gasteiger partial charge in [0.15, 0.2) is 0 Å². The molecule has 0 spiro atoms. The van der Waals surface area contributed by atoms with E-state index in [-0.39, 0.29) is 19.4 Å². The van der Waals surface area contributed by atoms with Gasteiger partial charge in [0.05, 0.1) is 25.1 Å². The fraction of sp³-hybridized carbons (Fsp3) is 0.529. The number of hydrogen-bond donors (Lipinski definition) is 2. The summed E-state index contributed by atoms with van der Waals surface area (Å²) in [6.07, 6.45) is 1.64. The SMILES string of the molecule is CCC1(N)CCc2cc(OC)ccc2N1C(=O)OCCCC(=O)O. The highest BCUT2D eigenvalue weighted by Gasteiger charge is 2.41. The van der Waals surface area contributed by atoms with E-state index < -0.39 is 17.7 Å². The fourth-order valence-corrected chi connectivity index (χ4v) is 2.87. The lowest BCUT2D eigenvalue weighted by Gasteiger charge is -2.44. The second-order valence-electron chi connectivity index (χ2n) is 5.90. The molecule has 0 aromatic heterocycles. The minimum absolute atomic E-state index is 0.0391. The van der Waals surface area contributed by atoms with Gasteiger partial charge in [-0.05, 0) is 49.4 Å². The van der Waals surface area contributed by atoms with E-state index in [9.17, 15) is 9.59 Å². The van der Waals surface area contributed by atoms with Gasteiger partial charge in [0.25, 0.3) is 0 Å². The summed E-state index contributed by atoms with van der Waals surface area (Å²) in [4.78, 5) is 24.6. The molecule has 7 nitrogen and oxygen atoms in total. The molecule has 1 aromatic carbocycles. The molecule has 0 bridgehead atoms. The smallest absolute Gasteiger partial charge is 0.415 e. The number of nitrogens with zero attached hydrogens (tertiary/aromatic N) is 1. The topological polar surface area (TPSA) is 102 Å². The van der Waals surface area contributed by atoms with Gasteiger partial charge in [0.2, 0.25) is 0 Å². The maximum Gasteiger partial charge on any atom is 0.415 e. The molecule has 132 valence electrons. The van der Waals surface area contributed by atoms with Gasteiger partial charge in [-0.1, -0.05) is 6.92 Å². The summed E-state index contributed by atoms with van der Waals surface area (Å²) in [6.45, 7) is 1.98. The van der Waals surface area contributed by atoms with E-state index in [4.69, 9.17) is 20.3 Å². The minimum atomic E-state index is -0.914. The second-order valence-corrected chi connectivity index (χ2v) is 5.90. The van der Waals surface area contributed by atoms with Crippen molar-refractivity contribution in [2.45, 2.75) is 44.7 Å². The van der Waals surface area contributed by atoms with E-state index in [0.29, 0.717) is 12.8 Å². The number of hydrogen-bond acceptors (Lipinski definition) is 5. The highest BCUT2D eigenvalue weighted by atomic mass is 16.6. The molecule has 1 unspecified atom stereocenters. The number of rotatable bonds is 6. The lowest BCUT2D eigenvalue weighted by molar-refractivity contribution is -0.137. The van der Waals surface area contributed by atoms with E-state index in [1.807, 2.05) is 19.1 Å². The molecule has 3 N–H and O–H groups in total. The molecule has 0 aliphatic carbocycles. The summed E-state index contributed by atoms with van der Waals surface area (Å²) in [5.74, 6) is -0.187. The van der Waals surface area contributed by atoms with Crippen molar-refractivity contribution in [1.82, 2.24) is 0 Å². The van der Waals surface area contributed by atoms with Gasteiger partial charge in [-0.25, -0.2) is 4.79 Å². The number of carboxylic acid groups (broad SMARTS) is 1. The van der Waals surface area contributed by atoms with Crippen molar-refractivity contribution in [1.29, 1.82) is 0 Å². The number of fused-ring (bicyclic) bond motifs is 1. The van der Waals surface area contributed by atoms with Gasteiger partial charge in [-0.15, -0.1) is 0 Å². The van der Waals surface area contributed by atoms with Crippen LogP contribution in [-0.4, -0.2) is 36.5 Å². The molecule has 1 amide bonds. The summed E-state index contributed by atoms with van der Waals surface area (Å²) in [7, 11) is 1.60. The van der Waals surface area contributed by atoms with Crippen LogP contribution in [0.1, 0.15) is 38.2 Å². The first-order valence-corrected chi connectivity index (χ1v) is 8.06. The Kier molecular flexibility index (Phi) is 5.66. The van der Waals surface area contributed by atoms with Gasteiger partial charge in [0, 0.05) is 6.42 Å². The van der Waals surface area contributed by atoms with Gasteiger partial charge in [0.1, 0.15) is 5.75 Å². The Morgan fingerprint density at radius 3 is 2.79 bits per heavy atom. The summed E-state index contributed by atoms with van der Waals surface area (Å²) in [5, 5.41) is 8.65. The molecule has 1 aliphatic heterocycles. The first-order chi connectivity index (χ1) is 11.4. The predicted molar refractivity (Wildman–Crippen MR) is 89.2 cm³/mol. The van der Waals surface area contributed by atoms with Crippen LogP contribution < -0.4 is 15.4 Å². The summed E-state index contributed by atoms with van der Waals surface area (Å²) in [5.41, 5.74) is 7.32. The Hall–Kier alpha value is -2.28. The molecule has 0 saturated heterocycles. The van der Waals surface area contributed by atoms with Crippen molar-refractivity contribution in [2.75, 3.05) is 18.6 Å². The third-order valence-corrected chi connectivity index (χ3v) is 4.36. The minimum Gasteiger partial charge on any atom is -0.497 e. The Labute approximate surface area is 141 Å². The van der Waals surface area contributed by atoms with Gasteiger partial charge >= 0.3 is 12.1 Å². The van der Waals surface area contributed by atoms with E-state index >= 15 is 0 Å². The molecule has 1 aromatic rings. The number of anilines is 1. The molecule has 2 rings (SSSR count). The standard InChI is InChI=1S/C17H24N2O5/c1-3-17(18)9-8-12-11-13(23-2)6-7-14(12)19(17)16(22)24-10-4-5-15(20)21/h6-7,11H,3-5,8-10,18H2,1-2H3,(H,20,21). The number of nitrogens with two attached hydrogens (primary N) is 1. The Morgan fingerprint density at radius 1 is 1.42 bits per heavy atom. The van der Waals surface area contributed by atoms with Gasteiger partial charge in [-0.3, -0.25) is 9.69 Å². The average molecular weight is 336 g/mol. The third kappa shape index (κ3) is 3.79. The van der Waals surface area contributed by atoms with Crippen LogP contribution in [0.15, 0.2) is 18.2 Å². The van der Waals surface area contributed by atoms with Crippen LogP contribution in [0.5, 0.6) is 5.75 Å². The maximum absolute atomic E-state index is 12.6. The highest BCUT2D eigenvalue weighted by Crippen LogP contribution is 2.38. The number of aliphatic carboxylic acids is 1. The van der Waals surface area contributed by atoms with Crippen molar-refractivity contribution < 1.29 is 24.2 Å². The number of amides is 1. The van der Waals surface area contributed by atoms with Crippen LogP contribution >= 0.6 is 0 Å². The number of carboxylic acids is 1. The number of carbonyl (C=O) groups is 2. The maximum atomic E-state index is 12.6. The van der Waals surface area contributed by atoms with Crippen LogP contribution in [0, 0.1) is 0 Å². The Balaban J connectivity index is 2.20. The largest absolute Gasteiger partial charge is 0.497 e. The zero-order valence-corrected chi connectivity index (χ0v) is 14.1. The van der Waals surface area contributed by atoms with Crippen LogP contribution in [0.25, 0.3) is 0 Å². The molecule has 7 heteroatoms. The van der Waals surface area contributed by atoms with E-state index in [0.717, 1.165) is 23.4 Å². The van der Waals surface area contributed by atoms with Crippen molar-refractivity contribution >= 4 is 17.7 Å². The number of methoxy groups -OCH3 is 1. The molecule has 0 radical (unpaired) electrons. The number of ether oxygens (including phenoxy) is 2. The molecule has 0 fully saturated rings. The quantitative estimate of drug-likeness (QED) is 0.774. The highest BCUT2D eigenvalue weighted by molar-refractivity contribution is 5.91. The zero-order valence-electron chi connectivity index (χ0n) is 14.1. The number of benzene rings is 1. The molecule has 1 atom stereocenters. The summed E-state index contributed by atoms with van der Waals surface area (Å²) in [6, 6.07) is 5.49. The number of carbonyl (C=O) groups excluding carboxylic acids is 1. The monoisotopic (exact) mass is 336 g/mol. The van der Waals surface area contributed by atoms with Crippen molar-refractivity contribution in [3.63, 3.8) is 0 Å². The van der Waals surface area contributed by atoms with E-state index in [2.05, 4.69) is 0 Å². The molecular formula is C17H24N2O5. The third-order valence-electron chi connectivity index (χ3n) is 4.36. The Bertz CT molecular complexity index is 619. The summed E-state index contributed by atoms with van der Waals surface area (Å²) < 4.78 is 10.5. The van der Waals surface area contributed by atoms with Crippen LogP contribution in [-0.2, 0) is 16.0 Å². The van der Waals surface area contributed by atoms with Gasteiger partial charge in [-0.2, -0.15) is 0 Å². The normalized spacial score (nSPS) is 19.5. The van der Waals surface area contributed by atoms with E-state index in [1.54, 1.807) is 13.2 Å². The zero-order chi connectivity index (χ0) is 17.7.